The summed E-state index contributed by atoms with van der Waals surface area (Å²) in [6, 6.07) is 10.6. The van der Waals surface area contributed by atoms with Gasteiger partial charge < -0.3 is 10.2 Å². The van der Waals surface area contributed by atoms with Gasteiger partial charge in [-0.2, -0.15) is 0 Å². The number of rotatable bonds is 6. The molecule has 0 bridgehead atoms. The van der Waals surface area contributed by atoms with Crippen molar-refractivity contribution in [3.8, 4) is 0 Å². The Morgan fingerprint density at radius 3 is 2.42 bits per heavy atom. The highest BCUT2D eigenvalue weighted by atomic mass is 16.1. The summed E-state index contributed by atoms with van der Waals surface area (Å²) in [7, 11) is 0. The summed E-state index contributed by atoms with van der Waals surface area (Å²) in [5.74, 6) is 0.887. The summed E-state index contributed by atoms with van der Waals surface area (Å²) in [6.07, 6.45) is 7.20. The minimum Gasteiger partial charge on any atom is -0.369 e. The largest absolute Gasteiger partial charge is 0.369 e. The maximum Gasteiger partial charge on any atom is 0.220 e. The lowest BCUT2D eigenvalue weighted by Gasteiger charge is -2.36. The molecule has 3 rings (SSSR count). The molecule has 4 nitrogen and oxygen atoms in total. The minimum atomic E-state index is 0.254. The van der Waals surface area contributed by atoms with Crippen LogP contribution in [0, 0.1) is 5.92 Å². The zero-order valence-corrected chi connectivity index (χ0v) is 14.8. The third-order valence-corrected chi connectivity index (χ3v) is 5.44. The summed E-state index contributed by atoms with van der Waals surface area (Å²) in [4.78, 5) is 17.0. The van der Waals surface area contributed by atoms with Crippen LogP contribution in [0.1, 0.15) is 38.5 Å². The Morgan fingerprint density at radius 2 is 1.71 bits per heavy atom. The van der Waals surface area contributed by atoms with E-state index in [0.29, 0.717) is 5.92 Å². The van der Waals surface area contributed by atoms with Gasteiger partial charge >= 0.3 is 0 Å². The smallest absolute Gasteiger partial charge is 0.220 e. The Hall–Kier alpha value is -1.55. The van der Waals surface area contributed by atoms with Crippen molar-refractivity contribution in [2.75, 3.05) is 44.2 Å². The maximum atomic E-state index is 12.1. The van der Waals surface area contributed by atoms with Gasteiger partial charge in [-0.1, -0.05) is 37.5 Å². The standard InChI is InChI=1S/C20H31N3O/c24-20(17-18-7-3-1-4-8-18)21-11-12-22-13-15-23(16-14-22)19-9-5-2-6-10-19/h2,5-6,9-10,18H,1,3-4,7-8,11-17H2,(H,21,24). The summed E-state index contributed by atoms with van der Waals surface area (Å²) >= 11 is 0. The summed E-state index contributed by atoms with van der Waals surface area (Å²) < 4.78 is 0. The van der Waals surface area contributed by atoms with E-state index in [0.717, 1.165) is 45.7 Å². The number of hydrogen-bond donors (Lipinski definition) is 1. The van der Waals surface area contributed by atoms with Crippen LogP contribution in [0.5, 0.6) is 0 Å². The highest BCUT2D eigenvalue weighted by molar-refractivity contribution is 5.76. The van der Waals surface area contributed by atoms with Crippen molar-refractivity contribution in [3.63, 3.8) is 0 Å². The van der Waals surface area contributed by atoms with Gasteiger partial charge in [0.15, 0.2) is 0 Å². The molecule has 4 heteroatoms. The number of nitrogens with one attached hydrogen (secondary N) is 1. The quantitative estimate of drug-likeness (QED) is 0.872. The predicted octanol–water partition coefficient (Wildman–Crippen LogP) is 2.90. The molecule has 1 saturated heterocycles. The Bertz CT molecular complexity index is 491. The SMILES string of the molecule is O=C(CC1CCCCC1)NCCN1CCN(c2ccccc2)CC1. The second-order valence-electron chi connectivity index (χ2n) is 7.22. The van der Waals surface area contributed by atoms with E-state index in [9.17, 15) is 4.79 Å². The Balaban J connectivity index is 1.30. The van der Waals surface area contributed by atoms with Gasteiger partial charge in [0, 0.05) is 51.4 Å². The fourth-order valence-electron chi connectivity index (χ4n) is 3.95. The van der Waals surface area contributed by atoms with Gasteiger partial charge in [0.05, 0.1) is 0 Å². The van der Waals surface area contributed by atoms with E-state index >= 15 is 0 Å². The number of amides is 1. The maximum absolute atomic E-state index is 12.1. The van der Waals surface area contributed by atoms with Crippen molar-refractivity contribution in [2.24, 2.45) is 5.92 Å². The van der Waals surface area contributed by atoms with Crippen LogP contribution >= 0.6 is 0 Å². The molecule has 2 fully saturated rings. The van der Waals surface area contributed by atoms with Crippen LogP contribution in [0.4, 0.5) is 5.69 Å². The van der Waals surface area contributed by atoms with Gasteiger partial charge in [-0.3, -0.25) is 9.69 Å². The van der Waals surface area contributed by atoms with Crippen LogP contribution in [0.3, 0.4) is 0 Å². The topological polar surface area (TPSA) is 35.6 Å². The van der Waals surface area contributed by atoms with Crippen LogP contribution in [0.15, 0.2) is 30.3 Å². The third kappa shape index (κ3) is 5.23. The molecule has 0 spiro atoms. The van der Waals surface area contributed by atoms with E-state index in [-0.39, 0.29) is 5.91 Å². The first-order chi connectivity index (χ1) is 11.8. The molecule has 0 unspecified atom stereocenters. The number of para-hydroxylation sites is 1. The lowest BCUT2D eigenvalue weighted by Crippen LogP contribution is -2.48. The van der Waals surface area contributed by atoms with Gasteiger partial charge in [-0.15, -0.1) is 0 Å². The van der Waals surface area contributed by atoms with Crippen LogP contribution in [0.25, 0.3) is 0 Å². The Labute approximate surface area is 146 Å². The molecule has 24 heavy (non-hydrogen) atoms. The molecule has 1 aliphatic heterocycles. The fourth-order valence-corrected chi connectivity index (χ4v) is 3.95. The van der Waals surface area contributed by atoms with Crippen LogP contribution in [0.2, 0.25) is 0 Å². The van der Waals surface area contributed by atoms with Crippen molar-refractivity contribution >= 4 is 11.6 Å². The monoisotopic (exact) mass is 329 g/mol. The van der Waals surface area contributed by atoms with Gasteiger partial charge in [0.2, 0.25) is 5.91 Å². The van der Waals surface area contributed by atoms with Crippen LogP contribution in [-0.2, 0) is 4.79 Å². The number of carbonyl (C=O) groups is 1. The van der Waals surface area contributed by atoms with Crippen molar-refractivity contribution in [1.29, 1.82) is 0 Å². The average molecular weight is 329 g/mol. The number of carbonyl (C=O) groups excluding carboxylic acids is 1. The first-order valence-corrected chi connectivity index (χ1v) is 9.60. The number of benzene rings is 1. The van der Waals surface area contributed by atoms with E-state index in [4.69, 9.17) is 0 Å². The van der Waals surface area contributed by atoms with Crippen LogP contribution < -0.4 is 10.2 Å². The number of nitrogens with zero attached hydrogens (tertiary/aromatic N) is 2. The molecule has 132 valence electrons. The van der Waals surface area contributed by atoms with E-state index in [1.54, 1.807) is 0 Å². The molecule has 1 heterocycles. The summed E-state index contributed by atoms with van der Waals surface area (Å²) in [5, 5.41) is 3.13. The van der Waals surface area contributed by atoms with Crippen molar-refractivity contribution in [2.45, 2.75) is 38.5 Å². The third-order valence-electron chi connectivity index (χ3n) is 5.44. The first kappa shape index (κ1) is 17.3. The van der Waals surface area contributed by atoms with E-state index in [2.05, 4.69) is 45.4 Å². The lowest BCUT2D eigenvalue weighted by molar-refractivity contribution is -0.122. The molecule has 0 radical (unpaired) electrons. The fraction of sp³-hybridized carbons (Fsp3) is 0.650. The molecule has 2 aliphatic rings. The van der Waals surface area contributed by atoms with Crippen molar-refractivity contribution in [1.82, 2.24) is 10.2 Å². The summed E-state index contributed by atoms with van der Waals surface area (Å²) in [5.41, 5.74) is 1.32. The molecule has 1 aromatic rings. The Kier molecular flexibility index (Phi) is 6.53. The lowest BCUT2D eigenvalue weighted by atomic mass is 9.87. The van der Waals surface area contributed by atoms with Gasteiger partial charge in [0.25, 0.3) is 0 Å². The molecule has 1 aliphatic carbocycles. The van der Waals surface area contributed by atoms with E-state index in [1.165, 1.54) is 37.8 Å². The molecule has 0 aromatic heterocycles. The molecule has 1 amide bonds. The van der Waals surface area contributed by atoms with E-state index < -0.39 is 0 Å². The van der Waals surface area contributed by atoms with Gasteiger partial charge in [-0.25, -0.2) is 0 Å². The molecule has 0 atom stereocenters. The predicted molar refractivity (Wildman–Crippen MR) is 99.3 cm³/mol. The normalized spacial score (nSPS) is 20.1. The number of anilines is 1. The average Bonchev–Trinajstić information content (AvgIpc) is 2.64. The van der Waals surface area contributed by atoms with Crippen molar-refractivity contribution < 1.29 is 4.79 Å². The van der Waals surface area contributed by atoms with Gasteiger partial charge in [0.1, 0.15) is 0 Å². The highest BCUT2D eigenvalue weighted by Crippen LogP contribution is 2.26. The van der Waals surface area contributed by atoms with E-state index in [1.807, 2.05) is 0 Å². The number of piperazine rings is 1. The minimum absolute atomic E-state index is 0.254. The van der Waals surface area contributed by atoms with Crippen molar-refractivity contribution in [3.05, 3.63) is 30.3 Å². The molecule has 1 saturated carbocycles. The second kappa shape index (κ2) is 9.07. The highest BCUT2D eigenvalue weighted by Gasteiger charge is 2.18. The molecule has 1 aromatic carbocycles. The summed E-state index contributed by atoms with van der Waals surface area (Å²) in [6.45, 7) is 6.05. The number of hydrogen-bond acceptors (Lipinski definition) is 3. The van der Waals surface area contributed by atoms with Gasteiger partial charge in [-0.05, 0) is 30.9 Å². The zero-order chi connectivity index (χ0) is 16.6. The molecular formula is C20H31N3O. The Morgan fingerprint density at radius 1 is 1.00 bits per heavy atom. The zero-order valence-electron chi connectivity index (χ0n) is 14.8. The molecular weight excluding hydrogens is 298 g/mol. The van der Waals surface area contributed by atoms with Crippen LogP contribution in [-0.4, -0.2) is 50.1 Å². The molecule has 1 N–H and O–H groups in total. The first-order valence-electron chi connectivity index (χ1n) is 9.60. The second-order valence-corrected chi connectivity index (χ2v) is 7.22.